The van der Waals surface area contributed by atoms with Gasteiger partial charge in [0, 0.05) is 35.8 Å². The summed E-state index contributed by atoms with van der Waals surface area (Å²) in [5.74, 6) is -0.536. The lowest BCUT2D eigenvalue weighted by molar-refractivity contribution is -0.139. The third-order valence-corrected chi connectivity index (χ3v) is 6.55. The van der Waals surface area contributed by atoms with Crippen LogP contribution in [-0.4, -0.2) is 49.8 Å². The van der Waals surface area contributed by atoms with Crippen molar-refractivity contribution in [2.45, 2.75) is 38.9 Å². The zero-order valence-electron chi connectivity index (χ0n) is 20.3. The second-order valence-electron chi connectivity index (χ2n) is 9.39. The minimum absolute atomic E-state index is 0.0157. The highest BCUT2D eigenvalue weighted by Crippen LogP contribution is 2.33. The van der Waals surface area contributed by atoms with E-state index in [1.165, 1.54) is 24.4 Å². The van der Waals surface area contributed by atoms with Crippen LogP contribution in [0.5, 0.6) is 0 Å². The number of benzene rings is 2. The number of nitrogens with one attached hydrogen (secondary N) is 2. The van der Waals surface area contributed by atoms with Crippen LogP contribution in [0.2, 0.25) is 0 Å². The third kappa shape index (κ3) is 5.07. The van der Waals surface area contributed by atoms with Crippen LogP contribution in [0.1, 0.15) is 56.4 Å². The van der Waals surface area contributed by atoms with Gasteiger partial charge in [-0.2, -0.15) is 23.4 Å². The Morgan fingerprint density at radius 3 is 2.41 bits per heavy atom. The van der Waals surface area contributed by atoms with Gasteiger partial charge in [0.05, 0.1) is 23.4 Å². The number of nitrogens with zero attached hydrogens (tertiary/aromatic N) is 4. The molecule has 0 atom stereocenters. The van der Waals surface area contributed by atoms with E-state index >= 15 is 0 Å². The predicted octanol–water partition coefficient (Wildman–Crippen LogP) is 5.12. The predicted molar refractivity (Wildman–Crippen MR) is 131 cm³/mol. The van der Waals surface area contributed by atoms with E-state index in [1.54, 1.807) is 10.9 Å². The topological polar surface area (TPSA) is 95.9 Å². The summed E-state index contributed by atoms with van der Waals surface area (Å²) in [6.07, 6.45) is 0.0140. The van der Waals surface area contributed by atoms with Gasteiger partial charge in [-0.3, -0.25) is 19.4 Å². The van der Waals surface area contributed by atoms with E-state index in [2.05, 4.69) is 15.5 Å². The number of hydrogen-bond acceptors (Lipinski definition) is 4. The number of H-pyrrole nitrogens is 1. The Hall–Kier alpha value is -4.15. The molecular weight excluding hydrogens is 485 g/mol. The van der Waals surface area contributed by atoms with E-state index < -0.39 is 17.8 Å². The summed E-state index contributed by atoms with van der Waals surface area (Å²) in [4.78, 5) is 27.5. The second-order valence-corrected chi connectivity index (χ2v) is 9.39. The van der Waals surface area contributed by atoms with Gasteiger partial charge in [0.25, 0.3) is 11.8 Å². The molecule has 0 saturated carbocycles. The molecule has 1 aliphatic rings. The van der Waals surface area contributed by atoms with Crippen molar-refractivity contribution in [1.82, 2.24) is 24.9 Å². The highest BCUT2D eigenvalue weighted by atomic mass is 19.4. The van der Waals surface area contributed by atoms with E-state index in [0.717, 1.165) is 11.1 Å². The number of aryl methyl sites for hydroxylation is 2. The molecule has 192 valence electrons. The number of carbonyl (C=O) groups is 2. The molecule has 11 heteroatoms. The fourth-order valence-electron chi connectivity index (χ4n) is 4.79. The molecule has 0 radical (unpaired) electrons. The van der Waals surface area contributed by atoms with Gasteiger partial charge in [0.1, 0.15) is 5.69 Å². The second kappa shape index (κ2) is 9.38. The van der Waals surface area contributed by atoms with Crippen molar-refractivity contribution in [3.05, 3.63) is 76.7 Å². The normalized spacial score (nSPS) is 14.8. The summed E-state index contributed by atoms with van der Waals surface area (Å²) >= 11 is 0. The molecular formula is C26H25F3N6O2. The van der Waals surface area contributed by atoms with Crippen LogP contribution in [0, 0.1) is 13.8 Å². The minimum atomic E-state index is -4.61. The molecule has 0 unspecified atom stereocenters. The Kier molecular flexibility index (Phi) is 6.22. The van der Waals surface area contributed by atoms with Crippen molar-refractivity contribution in [3.63, 3.8) is 0 Å². The molecule has 2 N–H and O–H groups in total. The van der Waals surface area contributed by atoms with Crippen LogP contribution in [0.25, 0.3) is 10.9 Å². The van der Waals surface area contributed by atoms with Gasteiger partial charge in [0.15, 0.2) is 0 Å². The molecule has 8 nitrogen and oxygen atoms in total. The molecule has 37 heavy (non-hydrogen) atoms. The fourth-order valence-corrected chi connectivity index (χ4v) is 4.79. The number of likely N-dealkylation sites (tertiary alicyclic amines) is 1. The van der Waals surface area contributed by atoms with Crippen molar-refractivity contribution in [2.75, 3.05) is 18.4 Å². The Bertz CT molecular complexity index is 1460. The maximum Gasteiger partial charge on any atom is 0.433 e. The minimum Gasteiger partial charge on any atom is -0.338 e. The molecule has 0 spiro atoms. The number of amides is 2. The average Bonchev–Trinajstić information content (AvgIpc) is 3.49. The van der Waals surface area contributed by atoms with Gasteiger partial charge in [0.2, 0.25) is 0 Å². The number of anilines is 1. The molecule has 2 amide bonds. The van der Waals surface area contributed by atoms with Crippen LogP contribution in [-0.2, 0) is 6.18 Å². The molecule has 0 bridgehead atoms. The number of hydrogen-bond donors (Lipinski definition) is 2. The van der Waals surface area contributed by atoms with E-state index in [-0.39, 0.29) is 28.4 Å². The summed E-state index contributed by atoms with van der Waals surface area (Å²) in [6, 6.07) is 9.86. The van der Waals surface area contributed by atoms with Crippen LogP contribution in [0.3, 0.4) is 0 Å². The van der Waals surface area contributed by atoms with Crippen LogP contribution >= 0.6 is 0 Å². The van der Waals surface area contributed by atoms with Crippen molar-refractivity contribution >= 4 is 28.4 Å². The van der Waals surface area contributed by atoms with E-state index in [9.17, 15) is 22.8 Å². The van der Waals surface area contributed by atoms with Crippen LogP contribution in [0.4, 0.5) is 18.9 Å². The lowest BCUT2D eigenvalue weighted by Crippen LogP contribution is -2.39. The Labute approximate surface area is 210 Å². The van der Waals surface area contributed by atoms with Gasteiger partial charge >= 0.3 is 6.18 Å². The first-order valence-corrected chi connectivity index (χ1v) is 11.9. The number of halogens is 3. The van der Waals surface area contributed by atoms with Gasteiger partial charge in [-0.15, -0.1) is 0 Å². The summed E-state index contributed by atoms with van der Waals surface area (Å²) < 4.78 is 41.3. The number of aromatic nitrogens is 4. The maximum absolute atomic E-state index is 13.2. The van der Waals surface area contributed by atoms with E-state index in [1.807, 2.05) is 42.0 Å². The van der Waals surface area contributed by atoms with Gasteiger partial charge < -0.3 is 10.2 Å². The Balaban J connectivity index is 1.22. The quantitative estimate of drug-likeness (QED) is 0.398. The summed E-state index contributed by atoms with van der Waals surface area (Å²) in [7, 11) is 0. The summed E-state index contributed by atoms with van der Waals surface area (Å²) in [5.41, 5.74) is 2.43. The summed E-state index contributed by atoms with van der Waals surface area (Å²) in [6.45, 7) is 5.12. The molecule has 1 fully saturated rings. The molecule has 5 rings (SSSR count). The van der Waals surface area contributed by atoms with E-state index in [0.29, 0.717) is 37.2 Å². The highest BCUT2D eigenvalue weighted by Gasteiger charge is 2.35. The van der Waals surface area contributed by atoms with Crippen LogP contribution in [0.15, 0.2) is 48.8 Å². The van der Waals surface area contributed by atoms with Crippen molar-refractivity contribution in [1.29, 1.82) is 0 Å². The number of carbonyl (C=O) groups excluding carboxylic acids is 2. The van der Waals surface area contributed by atoms with Gasteiger partial charge in [-0.05, 0) is 57.0 Å². The summed E-state index contributed by atoms with van der Waals surface area (Å²) in [5, 5.41) is 12.5. The molecule has 1 saturated heterocycles. The fraction of sp³-hybridized carbons (Fsp3) is 0.308. The first kappa shape index (κ1) is 24.5. The highest BCUT2D eigenvalue weighted by molar-refractivity contribution is 6.06. The maximum atomic E-state index is 13.2. The molecule has 0 aliphatic carbocycles. The zero-order valence-corrected chi connectivity index (χ0v) is 20.3. The Morgan fingerprint density at radius 1 is 1.03 bits per heavy atom. The zero-order chi connectivity index (χ0) is 26.3. The third-order valence-electron chi connectivity index (χ3n) is 6.55. The lowest BCUT2D eigenvalue weighted by atomic mass is 10.0. The Morgan fingerprint density at radius 2 is 1.73 bits per heavy atom. The number of rotatable bonds is 4. The van der Waals surface area contributed by atoms with Crippen LogP contribution < -0.4 is 5.32 Å². The largest absolute Gasteiger partial charge is 0.433 e. The first-order chi connectivity index (χ1) is 17.6. The van der Waals surface area contributed by atoms with E-state index in [4.69, 9.17) is 0 Å². The number of alkyl halides is 3. The molecule has 1 aliphatic heterocycles. The first-order valence-electron chi connectivity index (χ1n) is 11.9. The van der Waals surface area contributed by atoms with Crippen molar-refractivity contribution in [2.24, 2.45) is 0 Å². The van der Waals surface area contributed by atoms with Crippen molar-refractivity contribution in [3.8, 4) is 0 Å². The average molecular weight is 511 g/mol. The standard InChI is InChI=1S/C26H25F3N6O2/c1-15-9-16(2)11-18(10-15)25(37)34-7-5-20(6-8-34)35-14-19(13-30-35)31-24(36)17-3-4-22-21(12-17)23(33-32-22)26(27,28)29/h3-4,9-14,20H,5-8H2,1-2H3,(H,31,36)(H,32,33). The number of aromatic amines is 1. The lowest BCUT2D eigenvalue weighted by Gasteiger charge is -2.32. The smallest absolute Gasteiger partial charge is 0.338 e. The monoisotopic (exact) mass is 510 g/mol. The number of fused-ring (bicyclic) bond motifs is 1. The number of piperidine rings is 1. The SMILES string of the molecule is Cc1cc(C)cc(C(=O)N2CCC(n3cc(NC(=O)c4ccc5n[nH]c(C(F)(F)F)c5c4)cn3)CC2)c1. The molecule has 3 heterocycles. The van der Waals surface area contributed by atoms with Gasteiger partial charge in [-0.1, -0.05) is 17.2 Å². The molecule has 2 aromatic heterocycles. The molecule has 4 aromatic rings. The van der Waals surface area contributed by atoms with Gasteiger partial charge in [-0.25, -0.2) is 0 Å². The van der Waals surface area contributed by atoms with Crippen molar-refractivity contribution < 1.29 is 22.8 Å². The molecule has 2 aromatic carbocycles.